The molecule has 0 fully saturated rings. The van der Waals surface area contributed by atoms with Crippen molar-refractivity contribution in [3.05, 3.63) is 53.7 Å². The van der Waals surface area contributed by atoms with Gasteiger partial charge in [0, 0.05) is 5.92 Å². The van der Waals surface area contributed by atoms with E-state index in [1.54, 1.807) is 0 Å². The summed E-state index contributed by atoms with van der Waals surface area (Å²) in [5, 5.41) is 8.75. The molecule has 0 saturated heterocycles. The van der Waals surface area contributed by atoms with E-state index in [0.717, 1.165) is 6.42 Å². The van der Waals surface area contributed by atoms with Crippen molar-refractivity contribution in [1.29, 1.82) is 0 Å². The molecule has 0 aliphatic rings. The lowest BCUT2D eigenvalue weighted by Crippen LogP contribution is -2.01. The van der Waals surface area contributed by atoms with Crippen molar-refractivity contribution < 1.29 is 14.3 Å². The number of carbonyl (C=O) groups is 1. The van der Waals surface area contributed by atoms with E-state index in [-0.39, 0.29) is 11.6 Å². The molecule has 1 heterocycles. The third kappa shape index (κ3) is 2.72. The van der Waals surface area contributed by atoms with E-state index in [4.69, 9.17) is 9.52 Å². The Labute approximate surface area is 98.9 Å². The molecule has 1 N–H and O–H groups in total. The standard InChI is InChI=1S/C13H13NO3/c1-9(7-10-5-3-2-4-6-10)12-14-11(8-17-12)13(15)16/h2-6,8-9H,7H2,1H3,(H,15,16)/t9-/m1/s1. The van der Waals surface area contributed by atoms with Crippen molar-refractivity contribution >= 4 is 5.97 Å². The second-order valence-electron chi connectivity index (χ2n) is 3.97. The van der Waals surface area contributed by atoms with Crippen LogP contribution in [0.2, 0.25) is 0 Å². The maximum absolute atomic E-state index is 10.7. The van der Waals surface area contributed by atoms with E-state index in [1.165, 1.54) is 11.8 Å². The molecule has 2 aromatic rings. The molecule has 0 aliphatic carbocycles. The van der Waals surface area contributed by atoms with Crippen LogP contribution in [0.1, 0.15) is 34.8 Å². The Morgan fingerprint density at radius 1 is 1.41 bits per heavy atom. The summed E-state index contributed by atoms with van der Waals surface area (Å²) in [5.41, 5.74) is 1.13. The number of nitrogens with zero attached hydrogens (tertiary/aromatic N) is 1. The largest absolute Gasteiger partial charge is 0.476 e. The fourth-order valence-corrected chi connectivity index (χ4v) is 1.67. The maximum Gasteiger partial charge on any atom is 0.357 e. The maximum atomic E-state index is 10.7. The Morgan fingerprint density at radius 3 is 2.71 bits per heavy atom. The Bertz CT molecular complexity index is 504. The van der Waals surface area contributed by atoms with Gasteiger partial charge in [-0.1, -0.05) is 37.3 Å². The van der Waals surface area contributed by atoms with Crippen LogP contribution in [-0.4, -0.2) is 16.1 Å². The monoisotopic (exact) mass is 231 g/mol. The van der Waals surface area contributed by atoms with Crippen LogP contribution in [-0.2, 0) is 6.42 Å². The first-order chi connectivity index (χ1) is 8.16. The van der Waals surface area contributed by atoms with Crippen LogP contribution < -0.4 is 0 Å². The first-order valence-electron chi connectivity index (χ1n) is 5.39. The van der Waals surface area contributed by atoms with Crippen molar-refractivity contribution in [1.82, 2.24) is 4.98 Å². The second kappa shape index (κ2) is 4.82. The number of hydrogen-bond acceptors (Lipinski definition) is 3. The van der Waals surface area contributed by atoms with Crippen molar-refractivity contribution in [2.75, 3.05) is 0 Å². The third-order valence-electron chi connectivity index (χ3n) is 2.55. The molecule has 0 spiro atoms. The van der Waals surface area contributed by atoms with E-state index in [0.29, 0.717) is 5.89 Å². The van der Waals surface area contributed by atoms with Crippen LogP contribution in [0.15, 0.2) is 41.0 Å². The van der Waals surface area contributed by atoms with E-state index in [1.807, 2.05) is 37.3 Å². The highest BCUT2D eigenvalue weighted by Gasteiger charge is 2.16. The summed E-state index contributed by atoms with van der Waals surface area (Å²) in [6, 6.07) is 9.96. The van der Waals surface area contributed by atoms with Crippen LogP contribution >= 0.6 is 0 Å². The van der Waals surface area contributed by atoms with Gasteiger partial charge in [0.15, 0.2) is 11.6 Å². The molecule has 1 atom stereocenters. The molecule has 17 heavy (non-hydrogen) atoms. The van der Waals surface area contributed by atoms with Crippen LogP contribution in [0.4, 0.5) is 0 Å². The lowest BCUT2D eigenvalue weighted by Gasteiger charge is -2.06. The molecule has 0 saturated carbocycles. The van der Waals surface area contributed by atoms with Gasteiger partial charge < -0.3 is 9.52 Å². The zero-order chi connectivity index (χ0) is 12.3. The van der Waals surface area contributed by atoms with E-state index < -0.39 is 5.97 Å². The molecule has 1 aromatic carbocycles. The van der Waals surface area contributed by atoms with Crippen molar-refractivity contribution in [3.63, 3.8) is 0 Å². The lowest BCUT2D eigenvalue weighted by molar-refractivity contribution is 0.0690. The number of carboxylic acid groups (broad SMARTS) is 1. The molecular formula is C13H13NO3. The predicted octanol–water partition coefficient (Wildman–Crippen LogP) is 2.72. The van der Waals surface area contributed by atoms with Crippen LogP contribution in [0.3, 0.4) is 0 Å². The van der Waals surface area contributed by atoms with Crippen molar-refractivity contribution in [2.24, 2.45) is 0 Å². The minimum atomic E-state index is -1.06. The number of rotatable bonds is 4. The number of aromatic carboxylic acids is 1. The number of oxazole rings is 1. The van der Waals surface area contributed by atoms with E-state index in [9.17, 15) is 4.79 Å². The zero-order valence-electron chi connectivity index (χ0n) is 9.46. The summed E-state index contributed by atoms with van der Waals surface area (Å²) in [6.45, 7) is 1.96. The SMILES string of the molecule is C[C@H](Cc1ccccc1)c1nc(C(=O)O)co1. The normalized spacial score (nSPS) is 12.3. The van der Waals surface area contributed by atoms with Gasteiger partial charge >= 0.3 is 5.97 Å². The number of carboxylic acids is 1. The number of hydrogen-bond donors (Lipinski definition) is 1. The van der Waals surface area contributed by atoms with E-state index >= 15 is 0 Å². The lowest BCUT2D eigenvalue weighted by atomic mass is 10.0. The summed E-state index contributed by atoms with van der Waals surface area (Å²) < 4.78 is 5.17. The highest BCUT2D eigenvalue weighted by molar-refractivity contribution is 5.84. The first kappa shape index (κ1) is 11.4. The molecule has 1 aromatic heterocycles. The van der Waals surface area contributed by atoms with Gasteiger partial charge in [0.25, 0.3) is 0 Å². The Hall–Kier alpha value is -2.10. The van der Waals surface area contributed by atoms with E-state index in [2.05, 4.69) is 4.98 Å². The van der Waals surface area contributed by atoms with Crippen molar-refractivity contribution in [2.45, 2.75) is 19.3 Å². The molecule has 2 rings (SSSR count). The third-order valence-corrected chi connectivity index (χ3v) is 2.55. The van der Waals surface area contributed by atoms with Gasteiger partial charge in [-0.3, -0.25) is 0 Å². The average Bonchev–Trinajstić information content (AvgIpc) is 2.79. The highest BCUT2D eigenvalue weighted by Crippen LogP contribution is 2.19. The van der Waals surface area contributed by atoms with Gasteiger partial charge in [-0.15, -0.1) is 0 Å². The van der Waals surface area contributed by atoms with Crippen LogP contribution in [0, 0.1) is 0 Å². The first-order valence-corrected chi connectivity index (χ1v) is 5.39. The molecule has 0 radical (unpaired) electrons. The molecule has 0 unspecified atom stereocenters. The predicted molar refractivity (Wildman–Crippen MR) is 62.0 cm³/mol. The number of benzene rings is 1. The molecule has 0 bridgehead atoms. The quantitative estimate of drug-likeness (QED) is 0.878. The average molecular weight is 231 g/mol. The molecule has 88 valence electrons. The molecule has 4 nitrogen and oxygen atoms in total. The molecule has 4 heteroatoms. The van der Waals surface area contributed by atoms with Gasteiger partial charge in [-0.05, 0) is 12.0 Å². The molecule has 0 aliphatic heterocycles. The Balaban J connectivity index is 2.09. The summed E-state index contributed by atoms with van der Waals surface area (Å²) in [4.78, 5) is 14.6. The van der Waals surface area contributed by atoms with Gasteiger partial charge in [0.1, 0.15) is 6.26 Å². The summed E-state index contributed by atoms with van der Waals surface area (Å²) in [6.07, 6.45) is 1.96. The van der Waals surface area contributed by atoms with Gasteiger partial charge in [-0.25, -0.2) is 9.78 Å². The van der Waals surface area contributed by atoms with Crippen LogP contribution in [0.5, 0.6) is 0 Å². The summed E-state index contributed by atoms with van der Waals surface area (Å²) >= 11 is 0. The Kier molecular flexibility index (Phi) is 3.23. The summed E-state index contributed by atoms with van der Waals surface area (Å²) in [7, 11) is 0. The Morgan fingerprint density at radius 2 is 2.12 bits per heavy atom. The topological polar surface area (TPSA) is 63.3 Å². The summed E-state index contributed by atoms with van der Waals surface area (Å²) in [5.74, 6) is -0.538. The highest BCUT2D eigenvalue weighted by atomic mass is 16.4. The molecule has 0 amide bonds. The van der Waals surface area contributed by atoms with Crippen molar-refractivity contribution in [3.8, 4) is 0 Å². The second-order valence-corrected chi connectivity index (χ2v) is 3.97. The van der Waals surface area contributed by atoms with Gasteiger partial charge in [0.2, 0.25) is 0 Å². The van der Waals surface area contributed by atoms with Gasteiger partial charge in [-0.2, -0.15) is 0 Å². The zero-order valence-corrected chi connectivity index (χ0v) is 9.46. The van der Waals surface area contributed by atoms with Gasteiger partial charge in [0.05, 0.1) is 0 Å². The fourth-order valence-electron chi connectivity index (χ4n) is 1.67. The minimum absolute atomic E-state index is 0.0417. The smallest absolute Gasteiger partial charge is 0.357 e. The number of aromatic nitrogens is 1. The minimum Gasteiger partial charge on any atom is -0.476 e. The fraction of sp³-hybridized carbons (Fsp3) is 0.231. The van der Waals surface area contributed by atoms with Crippen LogP contribution in [0.25, 0.3) is 0 Å². The molecular weight excluding hydrogens is 218 g/mol.